The second-order valence-corrected chi connectivity index (χ2v) is 2.50. The molecule has 0 aliphatic rings. The van der Waals surface area contributed by atoms with Gasteiger partial charge in [-0.2, -0.15) is 0 Å². The molecule has 0 aliphatic carbocycles. The van der Waals surface area contributed by atoms with Crippen LogP contribution in [0.1, 0.15) is 12.5 Å². The van der Waals surface area contributed by atoms with Crippen LogP contribution < -0.4 is 10.1 Å². The fourth-order valence-corrected chi connectivity index (χ4v) is 1.03. The van der Waals surface area contributed by atoms with Crippen molar-refractivity contribution in [1.29, 1.82) is 0 Å². The minimum absolute atomic E-state index is 0.648. The topological polar surface area (TPSA) is 34.1 Å². The van der Waals surface area contributed by atoms with Gasteiger partial charge in [0.2, 0.25) is 5.88 Å². The lowest BCUT2D eigenvalue weighted by Gasteiger charge is -2.07. The third-order valence-corrected chi connectivity index (χ3v) is 1.78. The lowest BCUT2D eigenvalue weighted by molar-refractivity contribution is 0.399. The maximum Gasteiger partial charge on any atom is 0.237 e. The van der Waals surface area contributed by atoms with Gasteiger partial charge in [-0.3, -0.25) is 0 Å². The number of pyridine rings is 1. The van der Waals surface area contributed by atoms with Gasteiger partial charge in [-0.1, -0.05) is 6.92 Å². The van der Waals surface area contributed by atoms with Crippen molar-refractivity contribution < 1.29 is 4.74 Å². The van der Waals surface area contributed by atoms with Crippen molar-refractivity contribution in [1.82, 2.24) is 4.98 Å². The Balaban J connectivity index is 3.02. The molecule has 1 rings (SSSR count). The zero-order valence-electron chi connectivity index (χ0n) is 7.72. The summed E-state index contributed by atoms with van der Waals surface area (Å²) in [6, 6.07) is 2.05. The van der Waals surface area contributed by atoms with E-state index in [4.69, 9.17) is 4.74 Å². The van der Waals surface area contributed by atoms with Gasteiger partial charge in [0.25, 0.3) is 0 Å². The smallest absolute Gasteiger partial charge is 0.237 e. The molecule has 0 unspecified atom stereocenters. The van der Waals surface area contributed by atoms with Crippen molar-refractivity contribution in [3.63, 3.8) is 0 Å². The van der Waals surface area contributed by atoms with Gasteiger partial charge in [0.15, 0.2) is 0 Å². The monoisotopic (exact) mass is 166 g/mol. The van der Waals surface area contributed by atoms with Gasteiger partial charge in [0, 0.05) is 13.2 Å². The van der Waals surface area contributed by atoms with Gasteiger partial charge in [-0.15, -0.1) is 0 Å². The fourth-order valence-electron chi connectivity index (χ4n) is 1.03. The Bertz CT molecular complexity index is 261. The molecule has 0 atom stereocenters. The predicted octanol–water partition coefficient (Wildman–Crippen LogP) is 1.69. The van der Waals surface area contributed by atoms with E-state index < -0.39 is 0 Å². The highest BCUT2D eigenvalue weighted by molar-refractivity contribution is 5.53. The summed E-state index contributed by atoms with van der Waals surface area (Å²) in [5.41, 5.74) is 2.15. The molecule has 66 valence electrons. The molecule has 0 fully saturated rings. The summed E-state index contributed by atoms with van der Waals surface area (Å²) in [7, 11) is 3.48. The predicted molar refractivity (Wildman–Crippen MR) is 49.7 cm³/mol. The highest BCUT2D eigenvalue weighted by atomic mass is 16.5. The minimum Gasteiger partial charge on any atom is -0.480 e. The van der Waals surface area contributed by atoms with Crippen LogP contribution in [0.15, 0.2) is 12.3 Å². The average Bonchev–Trinajstić information content (AvgIpc) is 2.16. The lowest BCUT2D eigenvalue weighted by atomic mass is 10.2. The van der Waals surface area contributed by atoms with Crippen LogP contribution in [0.25, 0.3) is 0 Å². The first-order valence-electron chi connectivity index (χ1n) is 4.02. The van der Waals surface area contributed by atoms with Gasteiger partial charge in [-0.25, -0.2) is 4.98 Å². The molecule has 0 bridgehead atoms. The van der Waals surface area contributed by atoms with Crippen LogP contribution in [0.5, 0.6) is 5.88 Å². The Hall–Kier alpha value is -1.25. The molecule has 1 N–H and O–H groups in total. The molecule has 12 heavy (non-hydrogen) atoms. The molecule has 1 heterocycles. The number of rotatable bonds is 3. The normalized spacial score (nSPS) is 9.58. The van der Waals surface area contributed by atoms with Crippen LogP contribution in [0.2, 0.25) is 0 Å². The number of nitrogens with one attached hydrogen (secondary N) is 1. The van der Waals surface area contributed by atoms with Crippen LogP contribution >= 0.6 is 0 Å². The minimum atomic E-state index is 0.648. The summed E-state index contributed by atoms with van der Waals surface area (Å²) < 4.78 is 5.06. The van der Waals surface area contributed by atoms with Crippen LogP contribution in [-0.4, -0.2) is 19.1 Å². The van der Waals surface area contributed by atoms with Crippen molar-refractivity contribution >= 4 is 5.69 Å². The first kappa shape index (κ1) is 8.84. The Morgan fingerprint density at radius 3 is 2.83 bits per heavy atom. The molecule has 0 spiro atoms. The number of ether oxygens (including phenoxy) is 1. The maximum atomic E-state index is 5.06. The van der Waals surface area contributed by atoms with Crippen LogP contribution in [0, 0.1) is 0 Å². The van der Waals surface area contributed by atoms with Gasteiger partial charge in [0.05, 0.1) is 12.8 Å². The molecule has 0 saturated heterocycles. The Kier molecular flexibility index (Phi) is 2.91. The molecular formula is C9H14N2O. The van der Waals surface area contributed by atoms with Crippen molar-refractivity contribution in [2.75, 3.05) is 19.5 Å². The summed E-state index contributed by atoms with van der Waals surface area (Å²) >= 11 is 0. The number of hydrogen-bond acceptors (Lipinski definition) is 3. The molecule has 3 heteroatoms. The lowest BCUT2D eigenvalue weighted by Crippen LogP contribution is -1.97. The number of methoxy groups -OCH3 is 1. The average molecular weight is 166 g/mol. The van der Waals surface area contributed by atoms with E-state index in [9.17, 15) is 0 Å². The van der Waals surface area contributed by atoms with E-state index in [-0.39, 0.29) is 0 Å². The van der Waals surface area contributed by atoms with Crippen LogP contribution in [-0.2, 0) is 6.42 Å². The van der Waals surface area contributed by atoms with Crippen molar-refractivity contribution in [3.8, 4) is 5.88 Å². The quantitative estimate of drug-likeness (QED) is 0.742. The number of hydrogen-bond donors (Lipinski definition) is 1. The summed E-state index contributed by atoms with van der Waals surface area (Å²) in [4.78, 5) is 4.15. The zero-order chi connectivity index (χ0) is 8.97. The fraction of sp³-hybridized carbons (Fsp3) is 0.444. The first-order valence-corrected chi connectivity index (χ1v) is 4.02. The van der Waals surface area contributed by atoms with E-state index in [2.05, 4.69) is 17.2 Å². The van der Waals surface area contributed by atoms with E-state index in [1.54, 1.807) is 7.11 Å². The van der Waals surface area contributed by atoms with Crippen LogP contribution in [0.3, 0.4) is 0 Å². The molecular weight excluding hydrogens is 152 g/mol. The highest BCUT2D eigenvalue weighted by Crippen LogP contribution is 2.21. The van der Waals surface area contributed by atoms with E-state index in [0.29, 0.717) is 5.88 Å². The molecule has 0 aromatic carbocycles. The number of anilines is 1. The maximum absolute atomic E-state index is 5.06. The largest absolute Gasteiger partial charge is 0.480 e. The third-order valence-electron chi connectivity index (χ3n) is 1.78. The van der Waals surface area contributed by atoms with Crippen molar-refractivity contribution in [3.05, 3.63) is 17.8 Å². The number of aryl methyl sites for hydroxylation is 1. The molecule has 0 amide bonds. The number of nitrogens with zero attached hydrogens (tertiary/aromatic N) is 1. The molecule has 1 aromatic rings. The zero-order valence-corrected chi connectivity index (χ0v) is 7.72. The SMILES string of the molecule is CCc1cnc(OC)c(NC)c1. The molecule has 1 aromatic heterocycles. The van der Waals surface area contributed by atoms with Gasteiger partial charge < -0.3 is 10.1 Å². The molecule has 3 nitrogen and oxygen atoms in total. The first-order chi connectivity index (χ1) is 5.81. The van der Waals surface area contributed by atoms with Crippen molar-refractivity contribution in [2.24, 2.45) is 0 Å². The third kappa shape index (κ3) is 1.67. The summed E-state index contributed by atoms with van der Waals surface area (Å²) in [6.45, 7) is 2.10. The summed E-state index contributed by atoms with van der Waals surface area (Å²) in [5.74, 6) is 0.648. The second-order valence-electron chi connectivity index (χ2n) is 2.50. The molecule has 0 radical (unpaired) electrons. The summed E-state index contributed by atoms with van der Waals surface area (Å²) in [5, 5.41) is 3.03. The van der Waals surface area contributed by atoms with Gasteiger partial charge >= 0.3 is 0 Å². The molecule has 0 saturated carbocycles. The van der Waals surface area contributed by atoms with E-state index in [1.165, 1.54) is 5.56 Å². The van der Waals surface area contributed by atoms with Crippen molar-refractivity contribution in [2.45, 2.75) is 13.3 Å². The standard InChI is InChI=1S/C9H14N2O/c1-4-7-5-8(10-2)9(12-3)11-6-7/h5-6,10H,4H2,1-3H3. The second kappa shape index (κ2) is 3.95. The Labute approximate surface area is 72.8 Å². The van der Waals surface area contributed by atoms with Crippen LogP contribution in [0.4, 0.5) is 5.69 Å². The van der Waals surface area contributed by atoms with E-state index >= 15 is 0 Å². The molecule has 0 aliphatic heterocycles. The summed E-state index contributed by atoms with van der Waals surface area (Å²) in [6.07, 6.45) is 2.82. The number of aromatic nitrogens is 1. The highest BCUT2D eigenvalue weighted by Gasteiger charge is 2.02. The van der Waals surface area contributed by atoms with E-state index in [0.717, 1.165) is 12.1 Å². The van der Waals surface area contributed by atoms with Gasteiger partial charge in [0.1, 0.15) is 0 Å². The van der Waals surface area contributed by atoms with Gasteiger partial charge in [-0.05, 0) is 18.1 Å². The van der Waals surface area contributed by atoms with E-state index in [1.807, 2.05) is 19.3 Å². The Morgan fingerprint density at radius 1 is 1.58 bits per heavy atom. The Morgan fingerprint density at radius 2 is 2.33 bits per heavy atom.